The van der Waals surface area contributed by atoms with Crippen molar-refractivity contribution in [3.05, 3.63) is 59.7 Å². The third-order valence-electron chi connectivity index (χ3n) is 4.00. The lowest BCUT2D eigenvalue weighted by Crippen LogP contribution is -2.38. The summed E-state index contributed by atoms with van der Waals surface area (Å²) in [6, 6.07) is 13.7. The molecule has 0 aromatic heterocycles. The van der Waals surface area contributed by atoms with Gasteiger partial charge in [-0.1, -0.05) is 0 Å². The Morgan fingerprint density at radius 1 is 0.688 bits per heavy atom. The lowest BCUT2D eigenvalue weighted by atomic mass is 10.2. The van der Waals surface area contributed by atoms with Crippen molar-refractivity contribution in [3.63, 3.8) is 0 Å². The fraction of sp³-hybridized carbons (Fsp3) is 0.273. The van der Waals surface area contributed by atoms with Crippen molar-refractivity contribution >= 4 is 58.0 Å². The van der Waals surface area contributed by atoms with Gasteiger partial charge in [0.05, 0.1) is 24.3 Å². The molecule has 32 heavy (non-hydrogen) atoms. The third-order valence-corrected chi connectivity index (χ3v) is 4.50. The van der Waals surface area contributed by atoms with Crippen LogP contribution in [0.5, 0.6) is 0 Å². The summed E-state index contributed by atoms with van der Waals surface area (Å²) in [5.74, 6) is -0.712. The minimum atomic E-state index is -0.356. The smallest absolute Gasteiger partial charge is 0.338 e. The molecule has 2 aromatic carbocycles. The van der Waals surface area contributed by atoms with Crippen LogP contribution in [0, 0.1) is 0 Å². The third kappa shape index (κ3) is 8.48. The minimum Gasteiger partial charge on any atom is -0.462 e. The van der Waals surface area contributed by atoms with Crippen LogP contribution in [0.25, 0.3) is 0 Å². The molecule has 0 bridgehead atoms. The average molecular weight is 475 g/mol. The van der Waals surface area contributed by atoms with Gasteiger partial charge >= 0.3 is 11.9 Å². The van der Waals surface area contributed by atoms with Crippen molar-refractivity contribution in [2.24, 2.45) is 0 Å². The van der Waals surface area contributed by atoms with E-state index < -0.39 is 0 Å². The number of hydrogen-bond donors (Lipinski definition) is 4. The average Bonchev–Trinajstić information content (AvgIpc) is 2.78. The van der Waals surface area contributed by atoms with Crippen LogP contribution >= 0.6 is 24.4 Å². The number of nitrogens with one attached hydrogen (secondary N) is 4. The molecule has 0 saturated heterocycles. The Morgan fingerprint density at radius 2 is 1.03 bits per heavy atom. The fourth-order valence-corrected chi connectivity index (χ4v) is 2.95. The molecule has 0 amide bonds. The van der Waals surface area contributed by atoms with Gasteiger partial charge < -0.3 is 30.7 Å². The normalized spacial score (nSPS) is 9.94. The van der Waals surface area contributed by atoms with E-state index in [1.54, 1.807) is 62.4 Å². The molecule has 10 heteroatoms. The predicted octanol–water partition coefficient (Wildman–Crippen LogP) is 3.31. The maximum Gasteiger partial charge on any atom is 0.338 e. The minimum absolute atomic E-state index is 0.335. The molecule has 0 fully saturated rings. The molecule has 0 saturated carbocycles. The summed E-state index contributed by atoms with van der Waals surface area (Å²) in [4.78, 5) is 23.3. The second-order valence-electron chi connectivity index (χ2n) is 6.36. The second kappa shape index (κ2) is 13.2. The number of esters is 2. The van der Waals surface area contributed by atoms with Crippen molar-refractivity contribution in [2.45, 2.75) is 13.8 Å². The number of ether oxygens (including phenoxy) is 2. The number of benzene rings is 2. The standard InChI is InChI=1S/C22H26N4O4S2/c1-3-29-19(27)15-5-9-17(10-6-15)25-21(31)23-13-14-24-22(32)26-18-11-7-16(8-12-18)20(28)30-4-2/h5-12H,3-4,13-14H2,1-2H3,(H2,23,25,31)(H2,24,26,32). The van der Waals surface area contributed by atoms with Gasteiger partial charge in [-0.05, 0) is 86.8 Å². The monoisotopic (exact) mass is 474 g/mol. The lowest BCUT2D eigenvalue weighted by molar-refractivity contribution is 0.0517. The van der Waals surface area contributed by atoms with E-state index in [9.17, 15) is 9.59 Å². The lowest BCUT2D eigenvalue weighted by Gasteiger charge is -2.13. The number of hydrogen-bond acceptors (Lipinski definition) is 6. The molecular weight excluding hydrogens is 448 g/mol. The molecule has 0 aliphatic carbocycles. The van der Waals surface area contributed by atoms with E-state index in [1.807, 2.05) is 0 Å². The molecule has 170 valence electrons. The molecule has 8 nitrogen and oxygen atoms in total. The first-order chi connectivity index (χ1) is 15.4. The zero-order valence-corrected chi connectivity index (χ0v) is 19.5. The highest BCUT2D eigenvalue weighted by atomic mass is 32.1. The van der Waals surface area contributed by atoms with Crippen LogP contribution in [0.3, 0.4) is 0 Å². The molecule has 2 aromatic rings. The van der Waals surface area contributed by atoms with Crippen LogP contribution in [-0.2, 0) is 9.47 Å². The molecule has 0 unspecified atom stereocenters. The fourth-order valence-electron chi connectivity index (χ4n) is 2.51. The Kier molecular flexibility index (Phi) is 10.3. The molecule has 0 heterocycles. The van der Waals surface area contributed by atoms with E-state index >= 15 is 0 Å². The van der Waals surface area contributed by atoms with Gasteiger partial charge in [0.1, 0.15) is 0 Å². The van der Waals surface area contributed by atoms with Crippen LogP contribution in [0.15, 0.2) is 48.5 Å². The number of thiocarbonyl (C=S) groups is 2. The van der Waals surface area contributed by atoms with Crippen molar-refractivity contribution in [1.29, 1.82) is 0 Å². The number of carbonyl (C=O) groups is 2. The van der Waals surface area contributed by atoms with E-state index in [2.05, 4.69) is 21.3 Å². The van der Waals surface area contributed by atoms with Crippen LogP contribution in [-0.4, -0.2) is 48.5 Å². The van der Waals surface area contributed by atoms with Crippen LogP contribution in [0.1, 0.15) is 34.6 Å². The largest absolute Gasteiger partial charge is 0.462 e. The summed E-state index contributed by atoms with van der Waals surface area (Å²) < 4.78 is 9.91. The molecule has 0 atom stereocenters. The second-order valence-corrected chi connectivity index (χ2v) is 7.17. The molecule has 0 radical (unpaired) electrons. The van der Waals surface area contributed by atoms with Crippen LogP contribution < -0.4 is 21.3 Å². The number of anilines is 2. The van der Waals surface area contributed by atoms with Crippen molar-refractivity contribution in [1.82, 2.24) is 10.6 Å². The first kappa shape index (κ1) is 25.0. The first-order valence-corrected chi connectivity index (χ1v) is 10.9. The van der Waals surface area contributed by atoms with Gasteiger partial charge in [-0.25, -0.2) is 9.59 Å². The van der Waals surface area contributed by atoms with E-state index in [0.717, 1.165) is 11.4 Å². The highest BCUT2D eigenvalue weighted by Gasteiger charge is 2.07. The van der Waals surface area contributed by atoms with Gasteiger partial charge in [0.2, 0.25) is 0 Å². The van der Waals surface area contributed by atoms with E-state index in [4.69, 9.17) is 33.9 Å². The predicted molar refractivity (Wildman–Crippen MR) is 133 cm³/mol. The van der Waals surface area contributed by atoms with Gasteiger partial charge in [0, 0.05) is 24.5 Å². The number of rotatable bonds is 9. The highest BCUT2D eigenvalue weighted by Crippen LogP contribution is 2.11. The van der Waals surface area contributed by atoms with Crippen molar-refractivity contribution in [2.75, 3.05) is 36.9 Å². The molecule has 0 aliphatic rings. The van der Waals surface area contributed by atoms with E-state index in [1.165, 1.54) is 0 Å². The quantitative estimate of drug-likeness (QED) is 0.246. The summed E-state index contributed by atoms with van der Waals surface area (Å²) in [6.07, 6.45) is 0. The summed E-state index contributed by atoms with van der Waals surface area (Å²) in [7, 11) is 0. The van der Waals surface area contributed by atoms with Crippen molar-refractivity contribution < 1.29 is 19.1 Å². The maximum atomic E-state index is 11.7. The Morgan fingerprint density at radius 3 is 1.34 bits per heavy atom. The maximum absolute atomic E-state index is 11.7. The van der Waals surface area contributed by atoms with Gasteiger partial charge in [-0.15, -0.1) is 0 Å². The molecule has 2 rings (SSSR count). The van der Waals surface area contributed by atoms with E-state index in [0.29, 0.717) is 47.7 Å². The SMILES string of the molecule is CCOC(=O)c1ccc(NC(=S)NCCNC(=S)Nc2ccc(C(=O)OCC)cc2)cc1. The Bertz CT molecular complexity index is 856. The topological polar surface area (TPSA) is 101 Å². The Labute approximate surface area is 198 Å². The van der Waals surface area contributed by atoms with Gasteiger partial charge in [0.25, 0.3) is 0 Å². The van der Waals surface area contributed by atoms with Crippen LogP contribution in [0.4, 0.5) is 11.4 Å². The van der Waals surface area contributed by atoms with Gasteiger partial charge in [0.15, 0.2) is 10.2 Å². The zero-order chi connectivity index (χ0) is 23.3. The molecule has 0 aliphatic heterocycles. The Hall–Kier alpha value is -3.24. The summed E-state index contributed by atoms with van der Waals surface area (Å²) in [5.41, 5.74) is 2.48. The first-order valence-electron chi connectivity index (χ1n) is 10.1. The van der Waals surface area contributed by atoms with Gasteiger partial charge in [-0.2, -0.15) is 0 Å². The number of carbonyl (C=O) groups excluding carboxylic acids is 2. The van der Waals surface area contributed by atoms with Crippen molar-refractivity contribution in [3.8, 4) is 0 Å². The summed E-state index contributed by atoms with van der Waals surface area (Å²) >= 11 is 10.5. The Balaban J connectivity index is 1.67. The highest BCUT2D eigenvalue weighted by molar-refractivity contribution is 7.80. The molecular formula is C22H26N4O4S2. The molecule has 4 N–H and O–H groups in total. The van der Waals surface area contributed by atoms with E-state index in [-0.39, 0.29) is 11.9 Å². The van der Waals surface area contributed by atoms with Gasteiger partial charge in [-0.3, -0.25) is 0 Å². The zero-order valence-electron chi connectivity index (χ0n) is 17.9. The summed E-state index contributed by atoms with van der Waals surface area (Å²) in [5, 5.41) is 13.1. The van der Waals surface area contributed by atoms with Crippen LogP contribution in [0.2, 0.25) is 0 Å². The molecule has 0 spiro atoms. The summed E-state index contributed by atoms with van der Waals surface area (Å²) in [6.45, 7) is 5.27.